The Labute approximate surface area is 94.7 Å². The highest BCUT2D eigenvalue weighted by atomic mass is 32.2. The number of carboxylic acid groups (broad SMARTS) is 1. The number of benzene rings is 1. The normalized spacial score (nSPS) is 12.5. The molecule has 1 aromatic carbocycles. The Morgan fingerprint density at radius 3 is 2.33 bits per heavy atom. The van der Waals surface area contributed by atoms with E-state index in [2.05, 4.69) is 32.0 Å². The molecule has 1 unspecified atom stereocenters. The summed E-state index contributed by atoms with van der Waals surface area (Å²) in [7, 11) is 0. The first-order valence-corrected chi connectivity index (χ1v) is 5.95. The Morgan fingerprint density at radius 2 is 1.87 bits per heavy atom. The van der Waals surface area contributed by atoms with Crippen molar-refractivity contribution in [1.29, 1.82) is 0 Å². The van der Waals surface area contributed by atoms with Crippen molar-refractivity contribution in [2.45, 2.75) is 31.8 Å². The lowest BCUT2D eigenvalue weighted by molar-refractivity contribution is -0.136. The van der Waals surface area contributed by atoms with Crippen LogP contribution < -0.4 is 0 Å². The molecule has 0 heterocycles. The van der Waals surface area contributed by atoms with Crippen LogP contribution in [0.15, 0.2) is 18.2 Å². The van der Waals surface area contributed by atoms with E-state index in [1.165, 1.54) is 28.5 Å². The van der Waals surface area contributed by atoms with Crippen molar-refractivity contribution in [2.75, 3.05) is 0 Å². The molecule has 0 radical (unpaired) electrons. The summed E-state index contributed by atoms with van der Waals surface area (Å²) >= 11 is 1.46. The summed E-state index contributed by atoms with van der Waals surface area (Å²) in [5.74, 6) is 0.0140. The molecule has 1 aromatic rings. The first kappa shape index (κ1) is 12.1. The number of carboxylic acids is 1. The zero-order valence-electron chi connectivity index (χ0n) is 9.28. The average molecular weight is 224 g/mol. The Morgan fingerprint density at radius 1 is 1.33 bits per heavy atom. The van der Waals surface area contributed by atoms with Gasteiger partial charge in [-0.3, -0.25) is 4.79 Å². The first-order chi connectivity index (χ1) is 6.99. The Balaban J connectivity index is 2.61. The Kier molecular flexibility index (Phi) is 4.21. The predicted molar refractivity (Wildman–Crippen MR) is 64.3 cm³/mol. The molecule has 3 heteroatoms. The smallest absolute Gasteiger partial charge is 0.316 e. The molecule has 0 spiro atoms. The third kappa shape index (κ3) is 3.96. The second kappa shape index (κ2) is 5.21. The number of thioether (sulfide) groups is 1. The van der Waals surface area contributed by atoms with Gasteiger partial charge in [-0.25, -0.2) is 0 Å². The maximum absolute atomic E-state index is 10.6. The summed E-state index contributed by atoms with van der Waals surface area (Å²) in [6, 6.07) is 6.33. The highest BCUT2D eigenvalue weighted by molar-refractivity contribution is 7.99. The van der Waals surface area contributed by atoms with Crippen LogP contribution in [0, 0.1) is 13.8 Å². The van der Waals surface area contributed by atoms with Gasteiger partial charge >= 0.3 is 5.97 Å². The number of rotatable bonds is 4. The second-order valence-electron chi connectivity index (χ2n) is 3.79. The molecular formula is C12H16O2S. The quantitative estimate of drug-likeness (QED) is 0.854. The number of aliphatic carboxylic acids is 1. The topological polar surface area (TPSA) is 37.3 Å². The van der Waals surface area contributed by atoms with E-state index in [-0.39, 0.29) is 5.25 Å². The number of hydrogen-bond acceptors (Lipinski definition) is 2. The van der Waals surface area contributed by atoms with E-state index in [0.717, 1.165) is 5.75 Å². The van der Waals surface area contributed by atoms with Gasteiger partial charge in [0, 0.05) is 5.75 Å². The zero-order chi connectivity index (χ0) is 11.4. The van der Waals surface area contributed by atoms with E-state index < -0.39 is 5.97 Å². The van der Waals surface area contributed by atoms with Crippen LogP contribution in [0.2, 0.25) is 0 Å². The summed E-state index contributed by atoms with van der Waals surface area (Å²) in [5, 5.41) is 8.41. The SMILES string of the molecule is Cc1cc(C)cc(CSC(C)C(=O)O)c1. The largest absolute Gasteiger partial charge is 0.480 e. The molecule has 0 fully saturated rings. The Bertz CT molecular complexity index is 340. The minimum Gasteiger partial charge on any atom is -0.480 e. The summed E-state index contributed by atoms with van der Waals surface area (Å²) < 4.78 is 0. The number of carbonyl (C=O) groups is 1. The molecule has 0 saturated carbocycles. The van der Waals surface area contributed by atoms with Gasteiger partial charge in [0.1, 0.15) is 0 Å². The van der Waals surface area contributed by atoms with Crippen molar-refractivity contribution in [3.05, 3.63) is 34.9 Å². The van der Waals surface area contributed by atoms with E-state index in [0.29, 0.717) is 0 Å². The van der Waals surface area contributed by atoms with Crippen molar-refractivity contribution in [2.24, 2.45) is 0 Å². The monoisotopic (exact) mass is 224 g/mol. The lowest BCUT2D eigenvalue weighted by Gasteiger charge is -2.07. The van der Waals surface area contributed by atoms with Crippen molar-refractivity contribution in [3.8, 4) is 0 Å². The van der Waals surface area contributed by atoms with Crippen LogP contribution in [0.4, 0.5) is 0 Å². The minimum atomic E-state index is -0.746. The number of hydrogen-bond donors (Lipinski definition) is 1. The zero-order valence-corrected chi connectivity index (χ0v) is 10.1. The molecule has 0 saturated heterocycles. The van der Waals surface area contributed by atoms with Crippen LogP contribution in [-0.2, 0) is 10.5 Å². The number of aryl methyl sites for hydroxylation is 2. The van der Waals surface area contributed by atoms with Gasteiger partial charge in [-0.1, -0.05) is 29.3 Å². The van der Waals surface area contributed by atoms with Gasteiger partial charge < -0.3 is 5.11 Å². The van der Waals surface area contributed by atoms with E-state index >= 15 is 0 Å². The molecule has 15 heavy (non-hydrogen) atoms. The lowest BCUT2D eigenvalue weighted by Crippen LogP contribution is -2.11. The molecule has 0 aliphatic rings. The van der Waals surface area contributed by atoms with Crippen LogP contribution in [0.3, 0.4) is 0 Å². The maximum atomic E-state index is 10.6. The Hall–Kier alpha value is -0.960. The van der Waals surface area contributed by atoms with Gasteiger partial charge in [-0.2, -0.15) is 0 Å². The third-order valence-corrected chi connectivity index (χ3v) is 3.33. The van der Waals surface area contributed by atoms with Crippen LogP contribution >= 0.6 is 11.8 Å². The highest BCUT2D eigenvalue weighted by Gasteiger charge is 2.10. The molecule has 2 nitrogen and oxygen atoms in total. The molecule has 0 aliphatic heterocycles. The summed E-state index contributed by atoms with van der Waals surface area (Å²) in [5.41, 5.74) is 3.66. The second-order valence-corrected chi connectivity index (χ2v) is 5.12. The van der Waals surface area contributed by atoms with E-state index in [1.54, 1.807) is 6.92 Å². The molecule has 0 bridgehead atoms. The van der Waals surface area contributed by atoms with Crippen LogP contribution in [-0.4, -0.2) is 16.3 Å². The van der Waals surface area contributed by atoms with Crippen LogP contribution in [0.25, 0.3) is 0 Å². The predicted octanol–water partition coefficient (Wildman–Crippen LogP) is 3.01. The van der Waals surface area contributed by atoms with Crippen molar-refractivity contribution < 1.29 is 9.90 Å². The van der Waals surface area contributed by atoms with Gasteiger partial charge in [0.25, 0.3) is 0 Å². The summed E-state index contributed by atoms with van der Waals surface area (Å²) in [4.78, 5) is 10.6. The highest BCUT2D eigenvalue weighted by Crippen LogP contribution is 2.19. The first-order valence-electron chi connectivity index (χ1n) is 4.90. The minimum absolute atomic E-state index is 0.342. The van der Waals surface area contributed by atoms with Gasteiger partial charge in [0.2, 0.25) is 0 Å². The average Bonchev–Trinajstić information content (AvgIpc) is 2.12. The van der Waals surface area contributed by atoms with Gasteiger partial charge in [0.05, 0.1) is 5.25 Å². The summed E-state index contributed by atoms with van der Waals surface area (Å²) in [6.07, 6.45) is 0. The fourth-order valence-corrected chi connectivity index (χ4v) is 2.20. The van der Waals surface area contributed by atoms with E-state index in [9.17, 15) is 4.79 Å². The molecule has 1 atom stereocenters. The van der Waals surface area contributed by atoms with E-state index in [4.69, 9.17) is 5.11 Å². The molecule has 1 N–H and O–H groups in total. The molecule has 0 amide bonds. The molecule has 82 valence electrons. The van der Waals surface area contributed by atoms with Crippen molar-refractivity contribution in [1.82, 2.24) is 0 Å². The van der Waals surface area contributed by atoms with Gasteiger partial charge in [-0.15, -0.1) is 11.8 Å². The fourth-order valence-electron chi connectivity index (χ4n) is 1.44. The maximum Gasteiger partial charge on any atom is 0.316 e. The van der Waals surface area contributed by atoms with Crippen LogP contribution in [0.1, 0.15) is 23.6 Å². The third-order valence-electron chi connectivity index (χ3n) is 2.13. The summed E-state index contributed by atoms with van der Waals surface area (Å²) in [6.45, 7) is 5.83. The van der Waals surface area contributed by atoms with Gasteiger partial charge in [-0.05, 0) is 26.3 Å². The van der Waals surface area contributed by atoms with E-state index in [1.807, 2.05) is 0 Å². The molecule has 0 aromatic heterocycles. The van der Waals surface area contributed by atoms with Crippen molar-refractivity contribution in [3.63, 3.8) is 0 Å². The molecule has 0 aliphatic carbocycles. The fraction of sp³-hybridized carbons (Fsp3) is 0.417. The molecular weight excluding hydrogens is 208 g/mol. The van der Waals surface area contributed by atoms with Crippen LogP contribution in [0.5, 0.6) is 0 Å². The standard InChI is InChI=1S/C12H16O2S/c1-8-4-9(2)6-11(5-8)7-15-10(3)12(13)14/h4-6,10H,7H2,1-3H3,(H,13,14). The van der Waals surface area contributed by atoms with Crippen molar-refractivity contribution >= 4 is 17.7 Å². The van der Waals surface area contributed by atoms with Gasteiger partial charge in [0.15, 0.2) is 0 Å². The molecule has 1 rings (SSSR count). The lowest BCUT2D eigenvalue weighted by atomic mass is 10.1.